The summed E-state index contributed by atoms with van der Waals surface area (Å²) in [5, 5.41) is 12.7. The topological polar surface area (TPSA) is 116 Å². The minimum atomic E-state index is -3.89. The van der Waals surface area contributed by atoms with Crippen LogP contribution in [0.2, 0.25) is 5.02 Å². The highest BCUT2D eigenvalue weighted by Crippen LogP contribution is 2.24. The van der Waals surface area contributed by atoms with Crippen molar-refractivity contribution in [3.05, 3.63) is 124 Å². The highest BCUT2D eigenvalue weighted by molar-refractivity contribution is 7.89. The molecule has 1 amide bonds. The van der Waals surface area contributed by atoms with E-state index in [2.05, 4.69) is 10.3 Å². The Hall–Kier alpha value is -4.23. The molecule has 2 aromatic heterocycles. The van der Waals surface area contributed by atoms with E-state index in [1.165, 1.54) is 10.4 Å². The Bertz CT molecular complexity index is 1610. The van der Waals surface area contributed by atoms with Gasteiger partial charge in [0.05, 0.1) is 11.4 Å². The molecule has 8 nitrogen and oxygen atoms in total. The molecule has 39 heavy (non-hydrogen) atoms. The first-order valence-corrected chi connectivity index (χ1v) is 13.8. The molecule has 0 saturated carbocycles. The zero-order valence-electron chi connectivity index (χ0n) is 21.0. The molecule has 4 aromatic rings. The molecule has 198 valence electrons. The molecule has 0 aliphatic carbocycles. The van der Waals surface area contributed by atoms with Gasteiger partial charge >= 0.3 is 0 Å². The van der Waals surface area contributed by atoms with E-state index in [4.69, 9.17) is 16.0 Å². The van der Waals surface area contributed by atoms with Gasteiger partial charge in [-0.2, -0.15) is 9.57 Å². The number of aromatic nitrogens is 1. The summed E-state index contributed by atoms with van der Waals surface area (Å²) in [4.78, 5) is 16.7. The van der Waals surface area contributed by atoms with E-state index in [0.29, 0.717) is 10.8 Å². The predicted molar refractivity (Wildman–Crippen MR) is 147 cm³/mol. The lowest BCUT2D eigenvalue weighted by Gasteiger charge is -2.21. The van der Waals surface area contributed by atoms with E-state index in [0.717, 1.165) is 16.7 Å². The highest BCUT2D eigenvalue weighted by Gasteiger charge is 2.26. The second-order valence-corrected chi connectivity index (χ2v) is 11.1. The molecule has 10 heteroatoms. The molecule has 0 aliphatic heterocycles. The number of nitrogens with zero attached hydrogens (tertiary/aromatic N) is 3. The number of benzene rings is 2. The van der Waals surface area contributed by atoms with Gasteiger partial charge < -0.3 is 9.73 Å². The molecule has 0 bridgehead atoms. The third kappa shape index (κ3) is 7.42. The van der Waals surface area contributed by atoms with Gasteiger partial charge in [-0.1, -0.05) is 47.5 Å². The average Bonchev–Trinajstić information content (AvgIpc) is 3.39. The van der Waals surface area contributed by atoms with Crippen LogP contribution in [0.4, 0.5) is 0 Å². The summed E-state index contributed by atoms with van der Waals surface area (Å²) >= 11 is 6.00. The maximum atomic E-state index is 13.6. The molecule has 0 saturated heterocycles. The fourth-order valence-electron chi connectivity index (χ4n) is 3.68. The summed E-state index contributed by atoms with van der Waals surface area (Å²) in [5.74, 6) is 0.0295. The SMILES string of the molecule is Cc1ccc(S(=O)(=O)N(Cc2ccc(Cl)cc2)Cc2ccc(/C=C(/C#N)C(=O)NCc3cccnc3)o2)cc1. The molecule has 1 N–H and O–H groups in total. The Morgan fingerprint density at radius 3 is 2.46 bits per heavy atom. The zero-order valence-corrected chi connectivity index (χ0v) is 22.6. The van der Waals surface area contributed by atoms with Crippen molar-refractivity contribution in [1.29, 1.82) is 5.26 Å². The van der Waals surface area contributed by atoms with Crippen LogP contribution in [0.5, 0.6) is 0 Å². The second kappa shape index (κ2) is 12.5. The van der Waals surface area contributed by atoms with Gasteiger partial charge in [0, 0.05) is 36.6 Å². The van der Waals surface area contributed by atoms with Crippen molar-refractivity contribution in [1.82, 2.24) is 14.6 Å². The van der Waals surface area contributed by atoms with Crippen molar-refractivity contribution < 1.29 is 17.6 Å². The number of pyridine rings is 1. The maximum Gasteiger partial charge on any atom is 0.262 e. The molecule has 0 aliphatic rings. The minimum Gasteiger partial charge on any atom is -0.460 e. The fraction of sp³-hybridized carbons (Fsp3) is 0.138. The number of amides is 1. The van der Waals surface area contributed by atoms with Gasteiger partial charge in [0.25, 0.3) is 5.91 Å². The number of rotatable bonds is 10. The Balaban J connectivity index is 1.54. The average molecular weight is 561 g/mol. The first-order valence-electron chi connectivity index (χ1n) is 11.9. The van der Waals surface area contributed by atoms with Crippen molar-refractivity contribution in [3.8, 4) is 6.07 Å². The number of aryl methyl sites for hydroxylation is 1. The first kappa shape index (κ1) is 27.8. The van der Waals surface area contributed by atoms with Crippen LogP contribution in [0.1, 0.15) is 28.2 Å². The number of carbonyl (C=O) groups is 1. The highest BCUT2D eigenvalue weighted by atomic mass is 35.5. The number of nitriles is 1. The molecule has 0 radical (unpaired) electrons. The molecule has 4 rings (SSSR count). The lowest BCUT2D eigenvalue weighted by Crippen LogP contribution is -2.30. The zero-order chi connectivity index (χ0) is 27.8. The second-order valence-electron chi connectivity index (χ2n) is 8.73. The van der Waals surface area contributed by atoms with E-state index in [9.17, 15) is 18.5 Å². The van der Waals surface area contributed by atoms with E-state index < -0.39 is 15.9 Å². The van der Waals surface area contributed by atoms with Crippen molar-refractivity contribution in [2.24, 2.45) is 0 Å². The number of nitrogens with one attached hydrogen (secondary N) is 1. The number of carbonyl (C=O) groups excluding carboxylic acids is 1. The van der Waals surface area contributed by atoms with Crippen LogP contribution in [0.15, 0.2) is 100 Å². The van der Waals surface area contributed by atoms with Gasteiger partial charge in [-0.25, -0.2) is 8.42 Å². The number of hydrogen-bond donors (Lipinski definition) is 1. The van der Waals surface area contributed by atoms with Crippen molar-refractivity contribution in [3.63, 3.8) is 0 Å². The molecular weight excluding hydrogens is 536 g/mol. The van der Waals surface area contributed by atoms with Crippen LogP contribution in [-0.4, -0.2) is 23.6 Å². The summed E-state index contributed by atoms with van der Waals surface area (Å²) in [7, 11) is -3.89. The summed E-state index contributed by atoms with van der Waals surface area (Å²) in [6.45, 7) is 2.11. The maximum absolute atomic E-state index is 13.6. The van der Waals surface area contributed by atoms with E-state index >= 15 is 0 Å². The molecule has 0 unspecified atom stereocenters. The standard InChI is InChI=1S/C29H25ClN4O4S/c1-21-4-12-28(13-5-21)39(36,37)34(19-22-6-8-25(30)9-7-22)20-27-11-10-26(38-27)15-24(16-31)29(35)33-18-23-3-2-14-32-17-23/h2-15,17H,18-20H2,1H3,(H,33,35)/b24-15-. The molecule has 0 spiro atoms. The van der Waals surface area contributed by atoms with Gasteiger partial charge in [-0.05, 0) is 60.5 Å². The van der Waals surface area contributed by atoms with Crippen LogP contribution in [0.25, 0.3) is 6.08 Å². The molecule has 2 aromatic carbocycles. The van der Waals surface area contributed by atoms with Crippen molar-refractivity contribution in [2.45, 2.75) is 31.5 Å². The largest absolute Gasteiger partial charge is 0.460 e. The predicted octanol–water partition coefficient (Wildman–Crippen LogP) is 5.25. The number of hydrogen-bond acceptors (Lipinski definition) is 6. The van der Waals surface area contributed by atoms with Crippen LogP contribution in [0, 0.1) is 18.3 Å². The van der Waals surface area contributed by atoms with Crippen molar-refractivity contribution in [2.75, 3.05) is 0 Å². The summed E-state index contributed by atoms with van der Waals surface area (Å²) in [6.07, 6.45) is 4.57. The Morgan fingerprint density at radius 1 is 1.05 bits per heavy atom. The van der Waals surface area contributed by atoms with Gasteiger partial charge in [0.2, 0.25) is 10.0 Å². The Morgan fingerprint density at radius 2 is 1.79 bits per heavy atom. The van der Waals surface area contributed by atoms with Gasteiger partial charge in [-0.15, -0.1) is 0 Å². The van der Waals surface area contributed by atoms with E-state index in [-0.39, 0.29) is 35.9 Å². The summed E-state index contributed by atoms with van der Waals surface area (Å²) < 4.78 is 34.3. The molecule has 2 heterocycles. The van der Waals surface area contributed by atoms with Gasteiger partial charge in [-0.3, -0.25) is 9.78 Å². The Kier molecular flexibility index (Phi) is 8.94. The van der Waals surface area contributed by atoms with Gasteiger partial charge in [0.1, 0.15) is 23.2 Å². The van der Waals surface area contributed by atoms with Crippen LogP contribution in [0.3, 0.4) is 0 Å². The Labute approximate surface area is 232 Å². The number of sulfonamides is 1. The van der Waals surface area contributed by atoms with Gasteiger partial charge in [0.15, 0.2) is 0 Å². The third-order valence-corrected chi connectivity index (χ3v) is 7.83. The van der Waals surface area contributed by atoms with E-state index in [1.54, 1.807) is 79.1 Å². The molecular formula is C29H25ClN4O4S. The molecule has 0 fully saturated rings. The first-order chi connectivity index (χ1) is 18.7. The monoisotopic (exact) mass is 560 g/mol. The quantitative estimate of drug-likeness (QED) is 0.209. The number of furan rings is 1. The van der Waals surface area contributed by atoms with Crippen LogP contribution >= 0.6 is 11.6 Å². The third-order valence-electron chi connectivity index (χ3n) is 5.77. The summed E-state index contributed by atoms with van der Waals surface area (Å²) in [5.41, 5.74) is 2.33. The summed E-state index contributed by atoms with van der Waals surface area (Å²) in [6, 6.07) is 22.2. The van der Waals surface area contributed by atoms with E-state index in [1.807, 2.05) is 19.1 Å². The fourth-order valence-corrected chi connectivity index (χ4v) is 5.20. The molecule has 0 atom stereocenters. The lowest BCUT2D eigenvalue weighted by atomic mass is 10.2. The van der Waals surface area contributed by atoms with Crippen LogP contribution in [-0.2, 0) is 34.5 Å². The lowest BCUT2D eigenvalue weighted by molar-refractivity contribution is -0.117. The smallest absolute Gasteiger partial charge is 0.262 e. The van der Waals surface area contributed by atoms with Crippen molar-refractivity contribution >= 4 is 33.6 Å². The van der Waals surface area contributed by atoms with Crippen LogP contribution < -0.4 is 5.32 Å². The minimum absolute atomic E-state index is 0.0677. The number of halogens is 1. The normalized spacial score (nSPS) is 11.8.